The third-order valence-corrected chi connectivity index (χ3v) is 2.93. The zero-order valence-corrected chi connectivity index (χ0v) is 12.6. The normalized spacial score (nSPS) is 10.7. The monoisotopic (exact) mass is 308 g/mol. The highest BCUT2D eigenvalue weighted by molar-refractivity contribution is 6.32. The highest BCUT2D eigenvalue weighted by atomic mass is 35.5. The van der Waals surface area contributed by atoms with E-state index in [1.54, 1.807) is 30.6 Å². The van der Waals surface area contributed by atoms with E-state index < -0.39 is 0 Å². The van der Waals surface area contributed by atoms with E-state index in [4.69, 9.17) is 11.6 Å². The third kappa shape index (κ3) is 4.44. The zero-order valence-electron chi connectivity index (χ0n) is 11.9. The molecule has 0 aliphatic heterocycles. The number of nitrogens with one attached hydrogen (secondary N) is 2. The van der Waals surface area contributed by atoms with Crippen LogP contribution in [0.5, 0.6) is 0 Å². The summed E-state index contributed by atoms with van der Waals surface area (Å²) >= 11 is 6.04. The van der Waals surface area contributed by atoms with Crippen LogP contribution in [0.25, 0.3) is 5.82 Å². The van der Waals surface area contributed by atoms with Gasteiger partial charge in [0, 0.05) is 31.5 Å². The second-order valence-electron chi connectivity index (χ2n) is 4.64. The molecular weight excluding hydrogens is 292 g/mol. The molecule has 2 heterocycles. The average molecular weight is 309 g/mol. The minimum Gasteiger partial charge on any atom is -0.337 e. The van der Waals surface area contributed by atoms with Crippen LogP contribution in [0.4, 0.5) is 10.6 Å². The molecule has 0 fully saturated rings. The fraction of sp³-hybridized carbons (Fsp3) is 0.308. The van der Waals surface area contributed by atoms with Gasteiger partial charge in [-0.1, -0.05) is 11.6 Å². The Morgan fingerprint density at radius 2 is 2.24 bits per heavy atom. The van der Waals surface area contributed by atoms with Gasteiger partial charge in [-0.15, -0.1) is 5.10 Å². The Morgan fingerprint density at radius 3 is 2.95 bits per heavy atom. The Morgan fingerprint density at radius 1 is 1.43 bits per heavy atom. The van der Waals surface area contributed by atoms with E-state index in [0.717, 1.165) is 6.54 Å². The molecule has 2 amide bonds. The van der Waals surface area contributed by atoms with Crippen molar-refractivity contribution in [3.05, 3.63) is 35.6 Å². The van der Waals surface area contributed by atoms with Crippen molar-refractivity contribution in [1.29, 1.82) is 0 Å². The van der Waals surface area contributed by atoms with Gasteiger partial charge in [0.25, 0.3) is 0 Å². The summed E-state index contributed by atoms with van der Waals surface area (Å²) in [6.45, 7) is 1.33. The van der Waals surface area contributed by atoms with Gasteiger partial charge in [0.05, 0.1) is 5.02 Å². The number of amides is 2. The summed E-state index contributed by atoms with van der Waals surface area (Å²) in [5.74, 6) is 0.944. The number of rotatable bonds is 5. The second-order valence-corrected chi connectivity index (χ2v) is 5.05. The van der Waals surface area contributed by atoms with E-state index in [9.17, 15) is 4.79 Å². The molecule has 2 aromatic heterocycles. The first kappa shape index (κ1) is 15.3. The first-order valence-electron chi connectivity index (χ1n) is 6.42. The SMILES string of the molecule is CN(C)CCNC(=O)Nc1ccn(-c2ncccc2Cl)n1. The van der Waals surface area contributed by atoms with Crippen LogP contribution in [0.3, 0.4) is 0 Å². The molecule has 0 spiro atoms. The van der Waals surface area contributed by atoms with Gasteiger partial charge in [-0.3, -0.25) is 5.32 Å². The van der Waals surface area contributed by atoms with Crippen LogP contribution in [0.2, 0.25) is 5.02 Å². The van der Waals surface area contributed by atoms with Crippen molar-refractivity contribution in [2.75, 3.05) is 32.5 Å². The molecule has 7 nitrogen and oxygen atoms in total. The number of hydrogen-bond acceptors (Lipinski definition) is 4. The Balaban J connectivity index is 1.94. The number of nitrogens with zero attached hydrogens (tertiary/aromatic N) is 4. The summed E-state index contributed by atoms with van der Waals surface area (Å²) in [6, 6.07) is 4.85. The largest absolute Gasteiger partial charge is 0.337 e. The highest BCUT2D eigenvalue weighted by Gasteiger charge is 2.08. The zero-order chi connectivity index (χ0) is 15.2. The second kappa shape index (κ2) is 7.05. The number of likely N-dealkylation sites (N-methyl/N-ethyl adjacent to an activating group) is 1. The van der Waals surface area contributed by atoms with E-state index in [0.29, 0.717) is 23.2 Å². The van der Waals surface area contributed by atoms with E-state index in [-0.39, 0.29) is 6.03 Å². The molecule has 0 bridgehead atoms. The molecular formula is C13H17ClN6O. The van der Waals surface area contributed by atoms with Crippen LogP contribution in [0, 0.1) is 0 Å². The molecule has 2 rings (SSSR count). The first-order chi connectivity index (χ1) is 10.1. The lowest BCUT2D eigenvalue weighted by atomic mass is 10.4. The molecule has 8 heteroatoms. The number of anilines is 1. The number of pyridine rings is 1. The molecule has 0 saturated carbocycles. The van der Waals surface area contributed by atoms with Crippen molar-refractivity contribution in [3.63, 3.8) is 0 Å². The molecule has 0 aliphatic rings. The Hall–Kier alpha value is -2.12. The molecule has 112 valence electrons. The van der Waals surface area contributed by atoms with Crippen LogP contribution >= 0.6 is 11.6 Å². The summed E-state index contributed by atoms with van der Waals surface area (Å²) in [5.41, 5.74) is 0. The van der Waals surface area contributed by atoms with Gasteiger partial charge in [-0.25, -0.2) is 14.5 Å². The lowest BCUT2D eigenvalue weighted by Crippen LogP contribution is -2.34. The van der Waals surface area contributed by atoms with Crippen LogP contribution in [-0.2, 0) is 0 Å². The number of carbonyl (C=O) groups excluding carboxylic acids is 1. The lowest BCUT2D eigenvalue weighted by molar-refractivity contribution is 0.250. The predicted octanol–water partition coefficient (Wildman–Crippen LogP) is 1.60. The number of halogens is 1. The van der Waals surface area contributed by atoms with Crippen LogP contribution < -0.4 is 10.6 Å². The minimum absolute atomic E-state index is 0.297. The van der Waals surface area contributed by atoms with Gasteiger partial charge < -0.3 is 10.2 Å². The van der Waals surface area contributed by atoms with E-state index in [1.165, 1.54) is 4.68 Å². The maximum atomic E-state index is 11.7. The minimum atomic E-state index is -0.297. The first-order valence-corrected chi connectivity index (χ1v) is 6.80. The molecule has 21 heavy (non-hydrogen) atoms. The quantitative estimate of drug-likeness (QED) is 0.880. The van der Waals surface area contributed by atoms with Crippen molar-refractivity contribution in [3.8, 4) is 5.82 Å². The Bertz CT molecular complexity index is 612. The van der Waals surface area contributed by atoms with Crippen LogP contribution in [0.1, 0.15) is 0 Å². The standard InChI is InChI=1S/C13H17ClN6O/c1-19(2)9-7-16-13(21)17-11-5-8-20(18-11)12-10(14)4-3-6-15-12/h3-6,8H,7,9H2,1-2H3,(H2,16,17,18,21). The molecule has 0 unspecified atom stereocenters. The Kier molecular flexibility index (Phi) is 5.13. The summed E-state index contributed by atoms with van der Waals surface area (Å²) in [5, 5.41) is 10.1. The fourth-order valence-electron chi connectivity index (χ4n) is 1.61. The van der Waals surface area contributed by atoms with E-state index >= 15 is 0 Å². The Labute approximate surface area is 127 Å². The van der Waals surface area contributed by atoms with E-state index in [2.05, 4.69) is 20.7 Å². The number of carbonyl (C=O) groups is 1. The average Bonchev–Trinajstić information content (AvgIpc) is 2.87. The van der Waals surface area contributed by atoms with Crippen molar-refractivity contribution in [2.45, 2.75) is 0 Å². The van der Waals surface area contributed by atoms with Crippen molar-refractivity contribution in [1.82, 2.24) is 25.0 Å². The highest BCUT2D eigenvalue weighted by Crippen LogP contribution is 2.17. The molecule has 2 aromatic rings. The van der Waals surface area contributed by atoms with Crippen LogP contribution in [0.15, 0.2) is 30.6 Å². The summed E-state index contributed by atoms with van der Waals surface area (Å²) < 4.78 is 1.51. The van der Waals surface area contributed by atoms with Crippen molar-refractivity contribution >= 4 is 23.4 Å². The number of hydrogen-bond donors (Lipinski definition) is 2. The predicted molar refractivity (Wildman–Crippen MR) is 81.9 cm³/mol. The molecule has 2 N–H and O–H groups in total. The van der Waals surface area contributed by atoms with Crippen molar-refractivity contribution in [2.24, 2.45) is 0 Å². The molecule has 0 radical (unpaired) electrons. The fourth-order valence-corrected chi connectivity index (χ4v) is 1.82. The summed E-state index contributed by atoms with van der Waals surface area (Å²) in [6.07, 6.45) is 3.31. The molecule has 0 atom stereocenters. The number of urea groups is 1. The smallest absolute Gasteiger partial charge is 0.320 e. The topological polar surface area (TPSA) is 75.1 Å². The molecule has 0 aromatic carbocycles. The van der Waals surface area contributed by atoms with Gasteiger partial charge in [0.15, 0.2) is 11.6 Å². The maximum Gasteiger partial charge on any atom is 0.320 e. The van der Waals surface area contributed by atoms with E-state index in [1.807, 2.05) is 19.0 Å². The van der Waals surface area contributed by atoms with Crippen molar-refractivity contribution < 1.29 is 4.79 Å². The van der Waals surface area contributed by atoms with Gasteiger partial charge in [0.1, 0.15) is 0 Å². The third-order valence-electron chi connectivity index (χ3n) is 2.63. The molecule has 0 saturated heterocycles. The number of aromatic nitrogens is 3. The maximum absolute atomic E-state index is 11.7. The lowest BCUT2D eigenvalue weighted by Gasteiger charge is -2.10. The van der Waals surface area contributed by atoms with Gasteiger partial charge in [0.2, 0.25) is 0 Å². The van der Waals surface area contributed by atoms with Crippen LogP contribution in [-0.4, -0.2) is 52.9 Å². The van der Waals surface area contributed by atoms with Gasteiger partial charge >= 0.3 is 6.03 Å². The van der Waals surface area contributed by atoms with Gasteiger partial charge in [-0.2, -0.15) is 0 Å². The van der Waals surface area contributed by atoms with Gasteiger partial charge in [-0.05, 0) is 26.2 Å². The summed E-state index contributed by atoms with van der Waals surface area (Å²) in [7, 11) is 3.88. The summed E-state index contributed by atoms with van der Waals surface area (Å²) in [4.78, 5) is 17.8. The molecule has 0 aliphatic carbocycles.